The normalized spacial score (nSPS) is 22.5. The first kappa shape index (κ1) is 15.5. The number of carbonyl (C=O) groups excluding carboxylic acids is 1. The van der Waals surface area contributed by atoms with E-state index in [9.17, 15) is 4.79 Å². The van der Waals surface area contributed by atoms with Crippen LogP contribution in [0.4, 0.5) is 5.69 Å². The molecule has 0 radical (unpaired) electrons. The lowest BCUT2D eigenvalue weighted by molar-refractivity contribution is -0.122. The summed E-state index contributed by atoms with van der Waals surface area (Å²) in [5.74, 6) is 0.0382. The molecule has 1 aromatic carbocycles. The Morgan fingerprint density at radius 1 is 1.37 bits per heavy atom. The van der Waals surface area contributed by atoms with E-state index in [0.717, 1.165) is 44.9 Å². The van der Waals surface area contributed by atoms with Crippen molar-refractivity contribution in [2.75, 3.05) is 11.9 Å². The molecule has 3 nitrogen and oxygen atoms in total. The van der Waals surface area contributed by atoms with E-state index in [1.165, 1.54) is 0 Å². The van der Waals surface area contributed by atoms with Crippen molar-refractivity contribution in [3.8, 4) is 0 Å². The minimum absolute atomic E-state index is 0.0382. The topological polar surface area (TPSA) is 41.1 Å². The highest BCUT2D eigenvalue weighted by atomic mass is 79.9. The lowest BCUT2D eigenvalue weighted by Crippen LogP contribution is -2.50. The number of nitrogens with one attached hydrogen (secondary N) is 2. The van der Waals surface area contributed by atoms with Crippen LogP contribution in [-0.2, 0) is 4.79 Å². The largest absolute Gasteiger partial charge is 0.323 e. The molecular weight excluding hydrogens is 440 g/mol. The van der Waals surface area contributed by atoms with Crippen molar-refractivity contribution in [1.29, 1.82) is 0 Å². The number of rotatable bonds is 3. The molecule has 1 fully saturated rings. The van der Waals surface area contributed by atoms with E-state index in [-0.39, 0.29) is 5.91 Å². The number of amides is 1. The van der Waals surface area contributed by atoms with Gasteiger partial charge in [0.25, 0.3) is 0 Å². The molecule has 1 aliphatic heterocycles. The molecule has 19 heavy (non-hydrogen) atoms. The van der Waals surface area contributed by atoms with Gasteiger partial charge in [0.15, 0.2) is 0 Å². The van der Waals surface area contributed by atoms with Crippen LogP contribution in [0.5, 0.6) is 0 Å². The molecule has 2 rings (SSSR count). The van der Waals surface area contributed by atoms with E-state index < -0.39 is 5.54 Å². The number of carbonyl (C=O) groups is 1. The van der Waals surface area contributed by atoms with Gasteiger partial charge in [0.1, 0.15) is 0 Å². The Balaban J connectivity index is 2.24. The molecule has 2 N–H and O–H groups in total. The zero-order valence-corrected chi connectivity index (χ0v) is 15.3. The van der Waals surface area contributed by atoms with Crippen LogP contribution in [0, 0.1) is 0 Å². The van der Waals surface area contributed by atoms with E-state index in [1.807, 2.05) is 19.1 Å². The highest BCUT2D eigenvalue weighted by molar-refractivity contribution is 9.11. The minimum atomic E-state index is -0.425. The summed E-state index contributed by atoms with van der Waals surface area (Å²) < 4.78 is 2.66. The van der Waals surface area contributed by atoms with E-state index in [1.54, 1.807) is 0 Å². The van der Waals surface area contributed by atoms with Gasteiger partial charge in [-0.05, 0) is 69.8 Å². The summed E-state index contributed by atoms with van der Waals surface area (Å²) in [6, 6.07) is 3.84. The Hall–Kier alpha value is 0.0900. The summed E-state index contributed by atoms with van der Waals surface area (Å²) in [6.07, 6.45) is 2.73. The molecule has 0 saturated carbocycles. The third-order valence-electron chi connectivity index (χ3n) is 3.53. The fraction of sp³-hybridized carbons (Fsp3) is 0.462. The maximum absolute atomic E-state index is 12.5. The van der Waals surface area contributed by atoms with Crippen molar-refractivity contribution in [1.82, 2.24) is 5.32 Å². The minimum Gasteiger partial charge on any atom is -0.323 e. The summed E-state index contributed by atoms with van der Waals surface area (Å²) in [5.41, 5.74) is 0.348. The number of benzene rings is 1. The molecule has 1 amide bonds. The average Bonchev–Trinajstić information content (AvgIpc) is 2.83. The zero-order valence-electron chi connectivity index (χ0n) is 10.5. The Bertz CT molecular complexity index is 476. The van der Waals surface area contributed by atoms with E-state index >= 15 is 0 Å². The smallest absolute Gasteiger partial charge is 0.244 e. The molecule has 104 valence electrons. The fourth-order valence-electron chi connectivity index (χ4n) is 2.36. The standard InChI is InChI=1S/C13H15Br3N2O/c1-2-13(4-3-5-17-13)12(19)18-11-9(15)6-8(14)7-10(11)16/h6-7,17H,2-5H2,1H3,(H,18,19). The molecule has 1 unspecified atom stereocenters. The SMILES string of the molecule is CCC1(C(=O)Nc2c(Br)cc(Br)cc2Br)CCCN1. The third kappa shape index (κ3) is 3.23. The number of hydrogen-bond acceptors (Lipinski definition) is 2. The van der Waals surface area contributed by atoms with Gasteiger partial charge in [-0.2, -0.15) is 0 Å². The predicted octanol–water partition coefficient (Wildman–Crippen LogP) is 4.44. The maximum Gasteiger partial charge on any atom is 0.244 e. The van der Waals surface area contributed by atoms with Gasteiger partial charge in [-0.25, -0.2) is 0 Å². The Morgan fingerprint density at radius 3 is 2.47 bits per heavy atom. The van der Waals surface area contributed by atoms with Crippen molar-refractivity contribution in [3.63, 3.8) is 0 Å². The predicted molar refractivity (Wildman–Crippen MR) is 88.4 cm³/mol. The van der Waals surface area contributed by atoms with Gasteiger partial charge >= 0.3 is 0 Å². The summed E-state index contributed by atoms with van der Waals surface area (Å²) >= 11 is 10.4. The highest BCUT2D eigenvalue weighted by Gasteiger charge is 2.39. The van der Waals surface area contributed by atoms with Crippen LogP contribution in [0.3, 0.4) is 0 Å². The van der Waals surface area contributed by atoms with E-state index in [4.69, 9.17) is 0 Å². The van der Waals surface area contributed by atoms with Crippen molar-refractivity contribution in [2.24, 2.45) is 0 Å². The maximum atomic E-state index is 12.5. The first-order valence-corrected chi connectivity index (χ1v) is 8.57. The van der Waals surface area contributed by atoms with Gasteiger partial charge in [0.05, 0.1) is 11.2 Å². The second-order valence-electron chi connectivity index (χ2n) is 4.66. The molecule has 0 aromatic heterocycles. The Morgan fingerprint density at radius 2 is 2.00 bits per heavy atom. The summed E-state index contributed by atoms with van der Waals surface area (Å²) in [5, 5.41) is 6.36. The molecule has 0 spiro atoms. The lowest BCUT2D eigenvalue weighted by atomic mass is 9.93. The van der Waals surface area contributed by atoms with E-state index in [2.05, 4.69) is 58.4 Å². The van der Waals surface area contributed by atoms with Crippen molar-refractivity contribution >= 4 is 59.4 Å². The van der Waals surface area contributed by atoms with Crippen LogP contribution < -0.4 is 10.6 Å². The molecule has 1 heterocycles. The Labute approximate surface area is 138 Å². The molecule has 1 atom stereocenters. The van der Waals surface area contributed by atoms with Crippen molar-refractivity contribution in [2.45, 2.75) is 31.7 Å². The summed E-state index contributed by atoms with van der Waals surface area (Å²) in [7, 11) is 0. The van der Waals surface area contributed by atoms with Crippen molar-refractivity contribution in [3.05, 3.63) is 25.6 Å². The van der Waals surface area contributed by atoms with Crippen molar-refractivity contribution < 1.29 is 4.79 Å². The van der Waals surface area contributed by atoms with Gasteiger partial charge < -0.3 is 10.6 Å². The van der Waals surface area contributed by atoms with E-state index in [0.29, 0.717) is 0 Å². The van der Waals surface area contributed by atoms with Crippen LogP contribution in [0.2, 0.25) is 0 Å². The number of anilines is 1. The second-order valence-corrected chi connectivity index (χ2v) is 7.29. The molecule has 0 aliphatic carbocycles. The van der Waals surface area contributed by atoms with Crippen LogP contribution in [-0.4, -0.2) is 18.0 Å². The quantitative estimate of drug-likeness (QED) is 0.708. The molecule has 1 saturated heterocycles. The Kier molecular flexibility index (Phi) is 5.09. The summed E-state index contributed by atoms with van der Waals surface area (Å²) in [6.45, 7) is 2.95. The molecule has 1 aliphatic rings. The van der Waals surface area contributed by atoms with Crippen LogP contribution >= 0.6 is 47.8 Å². The highest BCUT2D eigenvalue weighted by Crippen LogP contribution is 2.35. The first-order valence-electron chi connectivity index (χ1n) is 6.19. The van der Waals surface area contributed by atoms with Crippen LogP contribution in [0.1, 0.15) is 26.2 Å². The van der Waals surface area contributed by atoms with Crippen LogP contribution in [0.25, 0.3) is 0 Å². The lowest BCUT2D eigenvalue weighted by Gasteiger charge is -2.27. The van der Waals surface area contributed by atoms with Gasteiger partial charge in [0, 0.05) is 13.4 Å². The average molecular weight is 455 g/mol. The van der Waals surface area contributed by atoms with Gasteiger partial charge in [0.2, 0.25) is 5.91 Å². The van der Waals surface area contributed by atoms with Gasteiger partial charge in [-0.15, -0.1) is 0 Å². The number of halogens is 3. The molecular formula is C13H15Br3N2O. The van der Waals surface area contributed by atoms with Gasteiger partial charge in [-0.1, -0.05) is 22.9 Å². The monoisotopic (exact) mass is 452 g/mol. The molecule has 1 aromatic rings. The number of hydrogen-bond donors (Lipinski definition) is 2. The summed E-state index contributed by atoms with van der Waals surface area (Å²) in [4.78, 5) is 12.5. The third-order valence-corrected chi connectivity index (χ3v) is 5.24. The second kappa shape index (κ2) is 6.24. The van der Waals surface area contributed by atoms with Gasteiger partial charge in [-0.3, -0.25) is 4.79 Å². The molecule has 6 heteroatoms. The zero-order chi connectivity index (χ0) is 14.0. The fourth-order valence-corrected chi connectivity index (χ4v) is 4.81. The van der Waals surface area contributed by atoms with Crippen LogP contribution in [0.15, 0.2) is 25.6 Å². The first-order chi connectivity index (χ1) is 8.98. The molecule has 0 bridgehead atoms.